The molecule has 1 nitrogen and oxygen atoms in total. The Morgan fingerprint density at radius 1 is 0.543 bits per heavy atom. The van der Waals surface area contributed by atoms with Crippen LogP contribution in [0.5, 0.6) is 0 Å². The van der Waals surface area contributed by atoms with Crippen LogP contribution in [-0.2, 0) is 0 Å². The molecule has 0 aliphatic rings. The van der Waals surface area contributed by atoms with E-state index in [4.69, 9.17) is 0 Å². The lowest BCUT2D eigenvalue weighted by Gasteiger charge is -2.32. The van der Waals surface area contributed by atoms with Gasteiger partial charge in [0, 0.05) is 0 Å². The highest BCUT2D eigenvalue weighted by atomic mass is 31.2. The third-order valence-corrected chi connectivity index (χ3v) is 9.32. The predicted octanol–water partition coefficient (Wildman–Crippen LogP) is 6.72. The fourth-order valence-electron chi connectivity index (χ4n) is 3.84. The zero-order valence-corrected chi connectivity index (χ0v) is 19.4. The molecule has 4 aromatic carbocycles. The number of nitrogens with one attached hydrogen (secondary N) is 1. The quantitative estimate of drug-likeness (QED) is 0.220. The zero-order chi connectivity index (χ0) is 24.9. The molecule has 0 aromatic heterocycles. The van der Waals surface area contributed by atoms with Gasteiger partial charge in [-0.15, -0.1) is 0 Å². The second kappa shape index (κ2) is 10.0. The predicted molar refractivity (Wildman–Crippen MR) is 134 cm³/mol. The van der Waals surface area contributed by atoms with E-state index in [0.29, 0.717) is 15.9 Å². The van der Waals surface area contributed by atoms with Gasteiger partial charge in [-0.05, 0) is 48.0 Å². The van der Waals surface area contributed by atoms with Crippen LogP contribution in [0.2, 0.25) is 0 Å². The normalized spacial score (nSPS) is 12.9. The molecular formula is C28H22F5NP+. The van der Waals surface area contributed by atoms with E-state index in [1.165, 1.54) is 12.1 Å². The van der Waals surface area contributed by atoms with Crippen molar-refractivity contribution in [2.75, 3.05) is 0 Å². The van der Waals surface area contributed by atoms with Crippen LogP contribution >= 0.6 is 7.41 Å². The molecule has 0 amide bonds. The molecule has 0 saturated carbocycles. The highest BCUT2D eigenvalue weighted by molar-refractivity contribution is 7.94. The minimum Gasteiger partial charge on any atom is -0.244 e. The summed E-state index contributed by atoms with van der Waals surface area (Å²) >= 11 is 0. The Morgan fingerprint density at radius 2 is 0.886 bits per heavy atom. The van der Waals surface area contributed by atoms with Crippen molar-refractivity contribution in [1.29, 1.82) is 0 Å². The zero-order valence-electron chi connectivity index (χ0n) is 18.5. The van der Waals surface area contributed by atoms with Crippen molar-refractivity contribution in [1.82, 2.24) is 5.09 Å². The van der Waals surface area contributed by atoms with Crippen molar-refractivity contribution in [3.8, 4) is 0 Å². The van der Waals surface area contributed by atoms with Gasteiger partial charge >= 0.3 is 12.1 Å². The van der Waals surface area contributed by atoms with Gasteiger partial charge in [0.25, 0.3) is 0 Å². The van der Waals surface area contributed by atoms with Crippen molar-refractivity contribution in [2.24, 2.45) is 0 Å². The van der Waals surface area contributed by atoms with E-state index in [1.807, 2.05) is 0 Å². The lowest BCUT2D eigenvalue weighted by Crippen LogP contribution is -2.48. The van der Waals surface area contributed by atoms with E-state index in [0.717, 1.165) is 6.08 Å². The monoisotopic (exact) mass is 498 g/mol. The Kier molecular flexibility index (Phi) is 7.04. The van der Waals surface area contributed by atoms with Gasteiger partial charge in [0.1, 0.15) is 21.6 Å². The summed E-state index contributed by atoms with van der Waals surface area (Å²) < 4.78 is 71.5. The van der Waals surface area contributed by atoms with Crippen LogP contribution in [0.25, 0.3) is 6.08 Å². The molecular weight excluding hydrogens is 476 g/mol. The molecule has 0 saturated heterocycles. The molecule has 35 heavy (non-hydrogen) atoms. The number of rotatable bonds is 7. The van der Waals surface area contributed by atoms with Crippen LogP contribution in [0.4, 0.5) is 22.0 Å². The molecule has 1 N–H and O–H groups in total. The standard InChI is InChI=1S/C28H22F5NP/c29-27(30,28(31,32)33)26(21-22-13-5-1-6-14-22)34-35(23-15-7-2-8-16-23,24-17-9-3-10-18-24)25-19-11-4-12-20-25/h1-21,34H/q+1/b26-21+. The molecule has 0 fully saturated rings. The third-order valence-electron chi connectivity index (χ3n) is 5.52. The topological polar surface area (TPSA) is 12.0 Å². The van der Waals surface area contributed by atoms with Crippen molar-refractivity contribution >= 4 is 29.4 Å². The molecule has 0 bridgehead atoms. The largest absolute Gasteiger partial charge is 0.459 e. The van der Waals surface area contributed by atoms with Crippen molar-refractivity contribution < 1.29 is 22.0 Å². The maximum absolute atomic E-state index is 15.1. The Morgan fingerprint density at radius 3 is 1.23 bits per heavy atom. The van der Waals surface area contributed by atoms with Crippen LogP contribution < -0.4 is 21.0 Å². The van der Waals surface area contributed by atoms with E-state index in [-0.39, 0.29) is 5.56 Å². The first-order valence-corrected chi connectivity index (χ1v) is 12.6. The van der Waals surface area contributed by atoms with Gasteiger partial charge in [-0.3, -0.25) is 0 Å². The minimum atomic E-state index is -5.79. The average Bonchev–Trinajstić information content (AvgIpc) is 2.88. The lowest BCUT2D eigenvalue weighted by atomic mass is 10.1. The van der Waals surface area contributed by atoms with Crippen molar-refractivity contribution in [3.63, 3.8) is 0 Å². The fourth-order valence-corrected chi connectivity index (χ4v) is 7.54. The maximum Gasteiger partial charge on any atom is 0.459 e. The number of hydrogen-bond donors (Lipinski definition) is 1. The Balaban J connectivity index is 2.04. The number of benzene rings is 4. The molecule has 4 rings (SSSR count). The Labute approximate surface area is 201 Å². The van der Waals surface area contributed by atoms with Gasteiger partial charge in [0.05, 0.1) is 0 Å². The van der Waals surface area contributed by atoms with Gasteiger partial charge < -0.3 is 0 Å². The van der Waals surface area contributed by atoms with Gasteiger partial charge in [0.15, 0.2) is 7.41 Å². The summed E-state index contributed by atoms with van der Waals surface area (Å²) in [6, 6.07) is 34.2. The van der Waals surface area contributed by atoms with E-state index in [9.17, 15) is 13.2 Å². The molecule has 0 heterocycles. The first-order valence-electron chi connectivity index (χ1n) is 10.8. The number of allylic oxidation sites excluding steroid dienone is 1. The van der Waals surface area contributed by atoms with Gasteiger partial charge in [-0.1, -0.05) is 84.9 Å². The summed E-state index contributed by atoms with van der Waals surface area (Å²) in [6.45, 7) is 0. The van der Waals surface area contributed by atoms with Crippen LogP contribution in [-0.4, -0.2) is 12.1 Å². The molecule has 7 heteroatoms. The molecule has 4 aromatic rings. The Bertz CT molecular complexity index is 1160. The SMILES string of the molecule is FC(F)(F)C(F)(F)/C(=C\c1ccccc1)N[P+](c1ccccc1)(c1ccccc1)c1ccccc1. The first kappa shape index (κ1) is 24.6. The highest BCUT2D eigenvalue weighted by Gasteiger charge is 2.63. The maximum atomic E-state index is 15.1. The summed E-state index contributed by atoms with van der Waals surface area (Å²) in [5.41, 5.74) is -0.979. The van der Waals surface area contributed by atoms with Crippen molar-refractivity contribution in [2.45, 2.75) is 12.1 Å². The minimum absolute atomic E-state index is 0.228. The third kappa shape index (κ3) is 4.98. The molecule has 178 valence electrons. The van der Waals surface area contributed by atoms with E-state index in [2.05, 4.69) is 5.09 Å². The van der Waals surface area contributed by atoms with Gasteiger partial charge in [-0.2, -0.15) is 22.0 Å². The second-order valence-corrected chi connectivity index (χ2v) is 10.9. The summed E-state index contributed by atoms with van der Waals surface area (Å²) in [5.74, 6) is -5.12. The smallest absolute Gasteiger partial charge is 0.244 e. The molecule has 0 atom stereocenters. The summed E-state index contributed by atoms with van der Waals surface area (Å²) in [5, 5.41) is 4.67. The Hall–Kier alpha value is -3.50. The van der Waals surface area contributed by atoms with Crippen molar-refractivity contribution in [3.05, 3.63) is 133 Å². The fraction of sp³-hybridized carbons (Fsp3) is 0.0714. The van der Waals surface area contributed by atoms with E-state index in [1.54, 1.807) is 109 Å². The highest BCUT2D eigenvalue weighted by Crippen LogP contribution is 2.55. The molecule has 0 aliphatic heterocycles. The molecule has 0 radical (unpaired) electrons. The molecule has 0 unspecified atom stereocenters. The molecule has 0 aliphatic carbocycles. The van der Waals surface area contributed by atoms with Crippen LogP contribution in [0, 0.1) is 0 Å². The lowest BCUT2D eigenvalue weighted by molar-refractivity contribution is -0.264. The second-order valence-electron chi connectivity index (χ2n) is 7.83. The summed E-state index contributed by atoms with van der Waals surface area (Å²) in [4.78, 5) is 0. The van der Waals surface area contributed by atoms with Crippen LogP contribution in [0.1, 0.15) is 5.56 Å². The van der Waals surface area contributed by atoms with E-state index < -0.39 is 25.2 Å². The summed E-state index contributed by atoms with van der Waals surface area (Å²) in [7, 11) is -3.21. The van der Waals surface area contributed by atoms with Crippen LogP contribution in [0.3, 0.4) is 0 Å². The number of halogens is 5. The molecule has 0 spiro atoms. The van der Waals surface area contributed by atoms with Gasteiger partial charge in [-0.25, -0.2) is 5.09 Å². The number of alkyl halides is 5. The average molecular weight is 498 g/mol. The number of hydrogen-bond acceptors (Lipinski definition) is 1. The first-order chi connectivity index (χ1) is 16.7. The van der Waals surface area contributed by atoms with Gasteiger partial charge in [0.2, 0.25) is 0 Å². The van der Waals surface area contributed by atoms with E-state index >= 15 is 8.78 Å². The van der Waals surface area contributed by atoms with Crippen LogP contribution in [0.15, 0.2) is 127 Å². The summed E-state index contributed by atoms with van der Waals surface area (Å²) in [6.07, 6.45) is -4.91.